The van der Waals surface area contributed by atoms with Crippen molar-refractivity contribution < 1.29 is 9.53 Å². The molecule has 0 aliphatic rings. The van der Waals surface area contributed by atoms with E-state index in [0.717, 1.165) is 4.47 Å². The molecule has 0 spiro atoms. The molecule has 2 atom stereocenters. The zero-order valence-corrected chi connectivity index (χ0v) is 15.0. The Morgan fingerprint density at radius 2 is 2.00 bits per heavy atom. The van der Waals surface area contributed by atoms with Gasteiger partial charge in [-0.05, 0) is 52.3 Å². The first-order valence-corrected chi connectivity index (χ1v) is 7.95. The van der Waals surface area contributed by atoms with E-state index in [1.54, 1.807) is 0 Å². The summed E-state index contributed by atoms with van der Waals surface area (Å²) in [5, 5.41) is 6.22. The largest absolute Gasteiger partial charge is 0.444 e. The van der Waals surface area contributed by atoms with Gasteiger partial charge in [0.2, 0.25) is 0 Å². The lowest BCUT2D eigenvalue weighted by molar-refractivity contribution is 0.0522. The first-order chi connectivity index (χ1) is 9.67. The van der Waals surface area contributed by atoms with E-state index < -0.39 is 5.60 Å². The number of rotatable bonds is 5. The second-order valence-electron chi connectivity index (χ2n) is 6.23. The second-order valence-corrected chi connectivity index (χ2v) is 7.14. The summed E-state index contributed by atoms with van der Waals surface area (Å²) in [6, 6.07) is 8.54. The Hall–Kier alpha value is -1.07. The van der Waals surface area contributed by atoms with Gasteiger partial charge >= 0.3 is 6.09 Å². The van der Waals surface area contributed by atoms with Crippen molar-refractivity contribution in [2.24, 2.45) is 0 Å². The summed E-state index contributed by atoms with van der Waals surface area (Å²) in [6.07, 6.45) is -0.383. The molecule has 0 aliphatic carbocycles. The van der Waals surface area contributed by atoms with Gasteiger partial charge in [0.25, 0.3) is 0 Å². The SMILES string of the molecule is CC(CNC(=O)OC(C)(C)C)N[C@H](C)c1cccc(Br)c1. The fraction of sp³-hybridized carbons (Fsp3) is 0.562. The van der Waals surface area contributed by atoms with Crippen LogP contribution in [0.3, 0.4) is 0 Å². The lowest BCUT2D eigenvalue weighted by Crippen LogP contribution is -2.41. The number of ether oxygens (including phenoxy) is 1. The van der Waals surface area contributed by atoms with Gasteiger partial charge in [0, 0.05) is 23.1 Å². The maximum Gasteiger partial charge on any atom is 0.407 e. The number of halogens is 1. The van der Waals surface area contributed by atoms with Crippen LogP contribution in [0.2, 0.25) is 0 Å². The molecule has 0 aromatic heterocycles. The van der Waals surface area contributed by atoms with Crippen molar-refractivity contribution in [1.82, 2.24) is 10.6 Å². The minimum absolute atomic E-state index is 0.145. The summed E-state index contributed by atoms with van der Waals surface area (Å²) in [5.74, 6) is 0. The number of nitrogens with one attached hydrogen (secondary N) is 2. The van der Waals surface area contributed by atoms with E-state index in [-0.39, 0.29) is 18.2 Å². The standard InChI is InChI=1S/C16H25BrN2O2/c1-11(10-18-15(20)21-16(3,4)5)19-12(2)13-7-6-8-14(17)9-13/h6-9,11-12,19H,10H2,1-5H3,(H,18,20)/t11?,12-/m1/s1. The third-order valence-corrected chi connectivity index (χ3v) is 3.33. The summed E-state index contributed by atoms with van der Waals surface area (Å²) in [4.78, 5) is 11.6. The van der Waals surface area contributed by atoms with E-state index in [9.17, 15) is 4.79 Å². The second kappa shape index (κ2) is 7.80. The first-order valence-electron chi connectivity index (χ1n) is 7.16. The molecule has 2 N–H and O–H groups in total. The Kier molecular flexibility index (Phi) is 6.68. The van der Waals surface area contributed by atoms with E-state index >= 15 is 0 Å². The van der Waals surface area contributed by atoms with Gasteiger partial charge in [0.1, 0.15) is 5.60 Å². The Bertz CT molecular complexity index is 472. The Morgan fingerprint density at radius 3 is 2.57 bits per heavy atom. The molecule has 1 aromatic carbocycles. The van der Waals surface area contributed by atoms with Crippen LogP contribution in [-0.4, -0.2) is 24.3 Å². The van der Waals surface area contributed by atoms with Crippen LogP contribution in [-0.2, 0) is 4.74 Å². The highest BCUT2D eigenvalue weighted by molar-refractivity contribution is 9.10. The minimum atomic E-state index is -0.468. The predicted octanol–water partition coefficient (Wildman–Crippen LogP) is 4.01. The maximum absolute atomic E-state index is 11.6. The van der Waals surface area contributed by atoms with Crippen molar-refractivity contribution in [2.75, 3.05) is 6.54 Å². The Morgan fingerprint density at radius 1 is 1.33 bits per heavy atom. The number of carbonyl (C=O) groups excluding carboxylic acids is 1. The van der Waals surface area contributed by atoms with Gasteiger partial charge in [0.15, 0.2) is 0 Å². The van der Waals surface area contributed by atoms with Crippen molar-refractivity contribution in [2.45, 2.75) is 52.3 Å². The average Bonchev–Trinajstić information content (AvgIpc) is 2.34. The van der Waals surface area contributed by atoms with E-state index in [0.29, 0.717) is 6.54 Å². The van der Waals surface area contributed by atoms with E-state index in [1.807, 2.05) is 39.8 Å². The van der Waals surface area contributed by atoms with Gasteiger partial charge < -0.3 is 15.4 Å². The number of carbonyl (C=O) groups is 1. The topological polar surface area (TPSA) is 50.4 Å². The number of amides is 1. The quantitative estimate of drug-likeness (QED) is 0.837. The maximum atomic E-state index is 11.6. The highest BCUT2D eigenvalue weighted by Gasteiger charge is 2.17. The third kappa shape index (κ3) is 7.48. The number of hydrogen-bond donors (Lipinski definition) is 2. The average molecular weight is 357 g/mol. The minimum Gasteiger partial charge on any atom is -0.444 e. The van der Waals surface area contributed by atoms with Crippen LogP contribution >= 0.6 is 15.9 Å². The molecule has 0 aliphatic heterocycles. The van der Waals surface area contributed by atoms with E-state index in [1.165, 1.54) is 5.56 Å². The van der Waals surface area contributed by atoms with Gasteiger partial charge in [-0.25, -0.2) is 4.79 Å². The lowest BCUT2D eigenvalue weighted by atomic mass is 10.1. The molecule has 5 heteroatoms. The van der Waals surface area contributed by atoms with Gasteiger partial charge in [0.05, 0.1) is 0 Å². The molecule has 0 heterocycles. The molecule has 1 aromatic rings. The van der Waals surface area contributed by atoms with Gasteiger partial charge in [-0.15, -0.1) is 0 Å². The zero-order valence-electron chi connectivity index (χ0n) is 13.4. The Balaban J connectivity index is 2.40. The molecule has 1 unspecified atom stereocenters. The third-order valence-electron chi connectivity index (χ3n) is 2.83. The van der Waals surface area contributed by atoms with E-state index in [2.05, 4.69) is 45.6 Å². The molecule has 118 valence electrons. The van der Waals surface area contributed by atoms with Crippen LogP contribution in [0.15, 0.2) is 28.7 Å². The molecule has 4 nitrogen and oxygen atoms in total. The van der Waals surface area contributed by atoms with Crippen LogP contribution in [0.1, 0.15) is 46.2 Å². The highest BCUT2D eigenvalue weighted by Crippen LogP contribution is 2.18. The normalized spacial score (nSPS) is 14.4. The summed E-state index contributed by atoms with van der Waals surface area (Å²) >= 11 is 3.47. The highest BCUT2D eigenvalue weighted by atomic mass is 79.9. The summed E-state index contributed by atoms with van der Waals surface area (Å²) in [5.41, 5.74) is 0.734. The molecule has 0 fully saturated rings. The molecular weight excluding hydrogens is 332 g/mol. The monoisotopic (exact) mass is 356 g/mol. The fourth-order valence-electron chi connectivity index (χ4n) is 1.91. The summed E-state index contributed by atoms with van der Waals surface area (Å²) < 4.78 is 6.27. The van der Waals surface area contributed by atoms with Crippen molar-refractivity contribution in [1.29, 1.82) is 0 Å². The van der Waals surface area contributed by atoms with Crippen molar-refractivity contribution in [3.63, 3.8) is 0 Å². The molecule has 0 saturated heterocycles. The summed E-state index contributed by atoms with van der Waals surface area (Å²) in [6.45, 7) is 10.2. The molecule has 21 heavy (non-hydrogen) atoms. The van der Waals surface area contributed by atoms with Gasteiger partial charge in [-0.3, -0.25) is 0 Å². The summed E-state index contributed by atoms with van der Waals surface area (Å²) in [7, 11) is 0. The molecule has 1 amide bonds. The van der Waals surface area contributed by atoms with Crippen molar-refractivity contribution in [3.8, 4) is 0 Å². The zero-order chi connectivity index (χ0) is 16.0. The molecule has 0 radical (unpaired) electrons. The molecule has 0 saturated carbocycles. The van der Waals surface area contributed by atoms with E-state index in [4.69, 9.17) is 4.74 Å². The number of alkyl carbamates (subject to hydrolysis) is 1. The van der Waals surface area contributed by atoms with Crippen LogP contribution < -0.4 is 10.6 Å². The fourth-order valence-corrected chi connectivity index (χ4v) is 2.33. The smallest absolute Gasteiger partial charge is 0.407 e. The first kappa shape index (κ1) is 18.0. The van der Waals surface area contributed by atoms with Gasteiger partial charge in [-0.2, -0.15) is 0 Å². The Labute approximate surface area is 135 Å². The lowest BCUT2D eigenvalue weighted by Gasteiger charge is -2.23. The number of hydrogen-bond acceptors (Lipinski definition) is 3. The van der Waals surface area contributed by atoms with Crippen LogP contribution in [0.25, 0.3) is 0 Å². The van der Waals surface area contributed by atoms with Crippen molar-refractivity contribution in [3.05, 3.63) is 34.3 Å². The van der Waals surface area contributed by atoms with Crippen molar-refractivity contribution >= 4 is 22.0 Å². The van der Waals surface area contributed by atoms with Crippen LogP contribution in [0.4, 0.5) is 4.79 Å². The number of benzene rings is 1. The predicted molar refractivity (Wildman–Crippen MR) is 89.4 cm³/mol. The molecule has 1 rings (SSSR count). The molecule has 0 bridgehead atoms. The van der Waals surface area contributed by atoms with Gasteiger partial charge in [-0.1, -0.05) is 28.1 Å². The van der Waals surface area contributed by atoms with Crippen LogP contribution in [0, 0.1) is 0 Å². The van der Waals surface area contributed by atoms with Crippen LogP contribution in [0.5, 0.6) is 0 Å². The molecular formula is C16H25BrN2O2.